The molecule has 0 aromatic heterocycles. The van der Waals surface area contributed by atoms with Crippen LogP contribution in [0.4, 0.5) is 0 Å². The second kappa shape index (κ2) is 23.6. The summed E-state index contributed by atoms with van der Waals surface area (Å²) >= 11 is 0. The lowest BCUT2D eigenvalue weighted by molar-refractivity contribution is -0.152. The molecule has 284 valence electrons. The van der Waals surface area contributed by atoms with E-state index in [-0.39, 0.29) is 42.4 Å². The third-order valence-electron chi connectivity index (χ3n) is 9.13. The van der Waals surface area contributed by atoms with Crippen molar-refractivity contribution >= 4 is 11.9 Å². The highest BCUT2D eigenvalue weighted by Gasteiger charge is 2.26. The topological polar surface area (TPSA) is 134 Å². The van der Waals surface area contributed by atoms with Crippen LogP contribution in [-0.2, 0) is 19.1 Å². The molecule has 9 atom stereocenters. The first-order valence-electron chi connectivity index (χ1n) is 18.5. The van der Waals surface area contributed by atoms with E-state index in [2.05, 4.69) is 26.8 Å². The summed E-state index contributed by atoms with van der Waals surface area (Å²) < 4.78 is 11.9. The standard InChI is InChI=1S/C42H68O8/c1-27(14-17-37(45)25-35(9)43)20-30(4)21-28(2)16-19-42(48)49-39-12-11-13-41(47)50-40(18-15-29(3)22-33(39)7)34(8)24-31(5)23-32(6)38(46)26-36(10)44/h14-16,19-21,23,32-40,43-46H,11-13,17-18,22,24-26H2,1-10H3/b19-16+,27-14+,28-21+,29-15?,30-20+,31-23+/t32-,33+,34+,35-,36-,37+,38-,39+,40-/m1/s1. The highest BCUT2D eigenvalue weighted by atomic mass is 16.5. The highest BCUT2D eigenvalue weighted by molar-refractivity contribution is 5.82. The minimum Gasteiger partial charge on any atom is -0.462 e. The van der Waals surface area contributed by atoms with Crippen LogP contribution < -0.4 is 0 Å². The number of allylic oxidation sites excluding steroid dienone is 8. The van der Waals surface area contributed by atoms with E-state index < -0.39 is 30.4 Å². The van der Waals surface area contributed by atoms with Crippen molar-refractivity contribution in [2.45, 2.75) is 164 Å². The zero-order valence-corrected chi connectivity index (χ0v) is 32.5. The summed E-state index contributed by atoms with van der Waals surface area (Å²) in [4.78, 5) is 25.8. The number of esters is 2. The van der Waals surface area contributed by atoms with E-state index in [1.54, 1.807) is 19.9 Å². The summed E-state index contributed by atoms with van der Waals surface area (Å²) in [5.74, 6) is -0.598. The summed E-state index contributed by atoms with van der Waals surface area (Å²) in [5, 5.41) is 39.4. The SMILES string of the molecule is CC1=CC[C@H]([C@@H](C)C/C(C)=C/[C@@H](C)[C@H](O)C[C@@H](C)O)OC(=O)CCC[C@H](OC(=O)/C=C/C(C)=C/C(C)=C/C(C)=C/C[C@H](O)C[C@@H](C)O)[C@@H](C)C1. The first kappa shape index (κ1) is 45.2. The van der Waals surface area contributed by atoms with Crippen LogP contribution in [-0.4, -0.2) is 69.0 Å². The van der Waals surface area contributed by atoms with Gasteiger partial charge in [-0.3, -0.25) is 4.79 Å². The van der Waals surface area contributed by atoms with Crippen molar-refractivity contribution in [1.82, 2.24) is 0 Å². The van der Waals surface area contributed by atoms with Crippen molar-refractivity contribution in [1.29, 1.82) is 0 Å². The fraction of sp³-hybridized carbons (Fsp3) is 0.667. The van der Waals surface area contributed by atoms with Crippen LogP contribution >= 0.6 is 0 Å². The molecule has 0 spiro atoms. The zero-order valence-electron chi connectivity index (χ0n) is 32.5. The van der Waals surface area contributed by atoms with E-state index >= 15 is 0 Å². The first-order valence-corrected chi connectivity index (χ1v) is 18.5. The Labute approximate surface area is 302 Å². The summed E-state index contributed by atoms with van der Waals surface area (Å²) in [7, 11) is 0. The molecule has 0 saturated carbocycles. The predicted octanol–water partition coefficient (Wildman–Crippen LogP) is 8.01. The Kier molecular flexibility index (Phi) is 21.4. The quantitative estimate of drug-likeness (QED) is 0.0551. The maximum Gasteiger partial charge on any atom is 0.331 e. The van der Waals surface area contributed by atoms with Gasteiger partial charge in [-0.15, -0.1) is 0 Å². The number of cyclic esters (lactones) is 1. The van der Waals surface area contributed by atoms with E-state index in [0.29, 0.717) is 38.5 Å². The second-order valence-corrected chi connectivity index (χ2v) is 15.1. The van der Waals surface area contributed by atoms with Crippen molar-refractivity contribution in [3.05, 3.63) is 70.4 Å². The maximum absolute atomic E-state index is 12.9. The Morgan fingerprint density at radius 1 is 0.960 bits per heavy atom. The monoisotopic (exact) mass is 700 g/mol. The Balaban J connectivity index is 2.87. The first-order chi connectivity index (χ1) is 23.4. The molecule has 0 fully saturated rings. The molecule has 1 aliphatic rings. The van der Waals surface area contributed by atoms with Gasteiger partial charge >= 0.3 is 11.9 Å². The normalized spacial score (nSPS) is 24.6. The number of ether oxygens (including phenoxy) is 2. The Morgan fingerprint density at radius 2 is 1.60 bits per heavy atom. The van der Waals surface area contributed by atoms with Crippen LogP contribution in [0.1, 0.15) is 127 Å². The van der Waals surface area contributed by atoms with Gasteiger partial charge in [0, 0.05) is 24.8 Å². The van der Waals surface area contributed by atoms with Crippen LogP contribution in [0.3, 0.4) is 0 Å². The third kappa shape index (κ3) is 20.2. The number of rotatable bonds is 16. The molecule has 0 aromatic rings. The maximum atomic E-state index is 12.9. The van der Waals surface area contributed by atoms with E-state index in [0.717, 1.165) is 40.7 Å². The van der Waals surface area contributed by atoms with Crippen molar-refractivity contribution in [2.75, 3.05) is 0 Å². The second-order valence-electron chi connectivity index (χ2n) is 15.1. The Hall–Kier alpha value is -2.78. The van der Waals surface area contributed by atoms with Crippen molar-refractivity contribution in [2.24, 2.45) is 17.8 Å². The van der Waals surface area contributed by atoms with Crippen LogP contribution in [0.15, 0.2) is 70.4 Å². The van der Waals surface area contributed by atoms with E-state index in [1.165, 1.54) is 6.08 Å². The molecular weight excluding hydrogens is 632 g/mol. The van der Waals surface area contributed by atoms with Gasteiger partial charge in [-0.2, -0.15) is 0 Å². The molecule has 0 aliphatic carbocycles. The summed E-state index contributed by atoms with van der Waals surface area (Å²) in [6, 6.07) is 0. The Bertz CT molecular complexity index is 1230. The van der Waals surface area contributed by atoms with Gasteiger partial charge in [-0.05, 0) is 105 Å². The van der Waals surface area contributed by atoms with Crippen LogP contribution in [0.5, 0.6) is 0 Å². The molecular formula is C42H68O8. The molecule has 0 radical (unpaired) electrons. The number of carbonyl (C=O) groups is 2. The molecule has 50 heavy (non-hydrogen) atoms. The van der Waals surface area contributed by atoms with Crippen molar-refractivity contribution < 1.29 is 39.5 Å². The molecule has 8 heteroatoms. The Morgan fingerprint density at radius 3 is 2.24 bits per heavy atom. The number of carbonyl (C=O) groups excluding carboxylic acids is 2. The molecule has 4 N–H and O–H groups in total. The van der Waals surface area contributed by atoms with Gasteiger partial charge in [0.25, 0.3) is 0 Å². The molecule has 0 saturated heterocycles. The number of hydrogen-bond acceptors (Lipinski definition) is 8. The lowest BCUT2D eigenvalue weighted by Gasteiger charge is -2.27. The average molecular weight is 701 g/mol. The van der Waals surface area contributed by atoms with Crippen LogP contribution in [0.2, 0.25) is 0 Å². The molecule has 0 unspecified atom stereocenters. The van der Waals surface area contributed by atoms with Crippen LogP contribution in [0, 0.1) is 17.8 Å². The number of hydrogen-bond donors (Lipinski definition) is 4. The van der Waals surface area contributed by atoms with Gasteiger partial charge in [0.15, 0.2) is 0 Å². The number of aliphatic hydroxyl groups excluding tert-OH is 4. The minimum atomic E-state index is -0.614. The molecule has 8 nitrogen and oxygen atoms in total. The van der Waals surface area contributed by atoms with E-state index in [9.17, 15) is 30.0 Å². The molecule has 0 bridgehead atoms. The predicted molar refractivity (Wildman–Crippen MR) is 202 cm³/mol. The van der Waals surface area contributed by atoms with Gasteiger partial charge < -0.3 is 29.9 Å². The summed E-state index contributed by atoms with van der Waals surface area (Å²) in [6.07, 6.45) is 15.0. The largest absolute Gasteiger partial charge is 0.462 e. The van der Waals surface area contributed by atoms with E-state index in [4.69, 9.17) is 9.47 Å². The molecule has 1 rings (SSSR count). The molecule has 1 heterocycles. The number of aliphatic hydroxyl groups is 4. The van der Waals surface area contributed by atoms with Gasteiger partial charge in [-0.25, -0.2) is 4.79 Å². The average Bonchev–Trinajstić information content (AvgIpc) is 2.99. The van der Waals surface area contributed by atoms with Gasteiger partial charge in [-0.1, -0.05) is 85.1 Å². The smallest absolute Gasteiger partial charge is 0.331 e. The molecule has 1 aliphatic heterocycles. The third-order valence-corrected chi connectivity index (χ3v) is 9.13. The van der Waals surface area contributed by atoms with Crippen molar-refractivity contribution in [3.8, 4) is 0 Å². The van der Waals surface area contributed by atoms with Gasteiger partial charge in [0.05, 0.1) is 24.4 Å². The van der Waals surface area contributed by atoms with E-state index in [1.807, 2.05) is 58.9 Å². The van der Waals surface area contributed by atoms with Gasteiger partial charge in [0.2, 0.25) is 0 Å². The lowest BCUT2D eigenvalue weighted by atomic mass is 9.89. The fourth-order valence-electron chi connectivity index (χ4n) is 6.47. The highest BCUT2D eigenvalue weighted by Crippen LogP contribution is 2.27. The minimum absolute atomic E-state index is 0.0744. The summed E-state index contributed by atoms with van der Waals surface area (Å²) in [5.41, 5.74) is 5.18. The van der Waals surface area contributed by atoms with Gasteiger partial charge in [0.1, 0.15) is 12.2 Å². The molecule has 0 aromatic carbocycles. The lowest BCUT2D eigenvalue weighted by Crippen LogP contribution is -2.28. The fourth-order valence-corrected chi connectivity index (χ4v) is 6.47. The zero-order chi connectivity index (χ0) is 38.0. The van der Waals surface area contributed by atoms with Crippen molar-refractivity contribution in [3.63, 3.8) is 0 Å². The van der Waals surface area contributed by atoms with Crippen LogP contribution in [0.25, 0.3) is 0 Å². The molecule has 0 amide bonds. The summed E-state index contributed by atoms with van der Waals surface area (Å²) in [6.45, 7) is 19.4.